The molecule has 1 saturated carbocycles. The first-order valence-electron chi connectivity index (χ1n) is 11.7. The standard InChI is InChI=1S/C28H25N5O2/c1-35-24-9-7-22(8-10-24)32-18-26(25-11-4-20(13-27(25)32)21-15-30-31-16-21)28(34)33(23-5-6-23)17-19-3-2-12-29-14-19/h2-4,7-16,18,23H,5-6,17H2,1H3,(H,30,31). The summed E-state index contributed by atoms with van der Waals surface area (Å²) >= 11 is 0. The first-order chi connectivity index (χ1) is 17.2. The minimum absolute atomic E-state index is 0.0460. The van der Waals surface area contributed by atoms with Crippen LogP contribution in [0.2, 0.25) is 0 Å². The molecule has 1 aliphatic carbocycles. The van der Waals surface area contributed by atoms with Gasteiger partial charge in [-0.1, -0.05) is 18.2 Å². The van der Waals surface area contributed by atoms with Gasteiger partial charge >= 0.3 is 0 Å². The molecule has 3 heterocycles. The van der Waals surface area contributed by atoms with Crippen LogP contribution in [0.3, 0.4) is 0 Å². The highest BCUT2D eigenvalue weighted by molar-refractivity contribution is 6.08. The Labute approximate surface area is 203 Å². The number of methoxy groups -OCH3 is 1. The second-order valence-electron chi connectivity index (χ2n) is 8.86. The number of pyridine rings is 1. The summed E-state index contributed by atoms with van der Waals surface area (Å²) in [6.07, 6.45) is 11.3. The molecule has 0 aliphatic heterocycles. The summed E-state index contributed by atoms with van der Waals surface area (Å²) in [6, 6.07) is 18.3. The Morgan fingerprint density at radius 2 is 1.97 bits per heavy atom. The zero-order valence-corrected chi connectivity index (χ0v) is 19.4. The number of ether oxygens (including phenoxy) is 1. The van der Waals surface area contributed by atoms with E-state index in [1.807, 2.05) is 72.0 Å². The molecule has 0 unspecified atom stereocenters. The highest BCUT2D eigenvalue weighted by Gasteiger charge is 2.34. The van der Waals surface area contributed by atoms with E-state index in [1.165, 1.54) is 0 Å². The first kappa shape index (κ1) is 21.2. The second kappa shape index (κ2) is 8.76. The van der Waals surface area contributed by atoms with Gasteiger partial charge < -0.3 is 14.2 Å². The van der Waals surface area contributed by atoms with Crippen LogP contribution in [0.5, 0.6) is 5.75 Å². The highest BCUT2D eigenvalue weighted by Crippen LogP contribution is 2.34. The maximum atomic E-state index is 14.0. The number of fused-ring (bicyclic) bond motifs is 1. The van der Waals surface area contributed by atoms with E-state index in [-0.39, 0.29) is 11.9 Å². The summed E-state index contributed by atoms with van der Waals surface area (Å²) in [7, 11) is 1.66. The molecule has 1 N–H and O–H groups in total. The van der Waals surface area contributed by atoms with Crippen molar-refractivity contribution in [3.63, 3.8) is 0 Å². The van der Waals surface area contributed by atoms with E-state index in [2.05, 4.69) is 25.8 Å². The van der Waals surface area contributed by atoms with Crippen molar-refractivity contribution in [2.45, 2.75) is 25.4 Å². The van der Waals surface area contributed by atoms with Crippen LogP contribution in [0.25, 0.3) is 27.7 Å². The lowest BCUT2D eigenvalue weighted by molar-refractivity contribution is 0.0731. The third-order valence-electron chi connectivity index (χ3n) is 6.54. The van der Waals surface area contributed by atoms with Crippen LogP contribution in [0, 0.1) is 0 Å². The van der Waals surface area contributed by atoms with Crippen molar-refractivity contribution in [1.82, 2.24) is 24.6 Å². The summed E-state index contributed by atoms with van der Waals surface area (Å²) in [5.41, 5.74) is 5.70. The Morgan fingerprint density at radius 3 is 2.66 bits per heavy atom. The van der Waals surface area contributed by atoms with Crippen molar-refractivity contribution in [2.24, 2.45) is 0 Å². The molecular formula is C28H25N5O2. The van der Waals surface area contributed by atoms with Crippen molar-refractivity contribution in [3.8, 4) is 22.6 Å². The summed E-state index contributed by atoms with van der Waals surface area (Å²) in [5, 5.41) is 7.90. The summed E-state index contributed by atoms with van der Waals surface area (Å²) in [4.78, 5) is 20.2. The molecule has 3 aromatic heterocycles. The smallest absolute Gasteiger partial charge is 0.256 e. The molecule has 174 valence electrons. The molecule has 6 rings (SSSR count). The molecule has 0 atom stereocenters. The molecule has 0 saturated heterocycles. The quantitative estimate of drug-likeness (QED) is 0.359. The van der Waals surface area contributed by atoms with Crippen LogP contribution in [-0.4, -0.2) is 43.7 Å². The number of carbonyl (C=O) groups is 1. The fourth-order valence-electron chi connectivity index (χ4n) is 4.54. The van der Waals surface area contributed by atoms with Gasteiger partial charge in [0.2, 0.25) is 0 Å². The van der Waals surface area contributed by atoms with Gasteiger partial charge in [-0.05, 0) is 60.4 Å². The van der Waals surface area contributed by atoms with Gasteiger partial charge in [-0.15, -0.1) is 0 Å². The number of nitrogens with zero attached hydrogens (tertiary/aromatic N) is 4. The molecule has 5 aromatic rings. The molecule has 0 spiro atoms. The third-order valence-corrected chi connectivity index (χ3v) is 6.54. The van der Waals surface area contributed by atoms with Gasteiger partial charge in [-0.25, -0.2) is 0 Å². The van der Waals surface area contributed by atoms with E-state index in [0.717, 1.165) is 51.9 Å². The monoisotopic (exact) mass is 463 g/mol. The van der Waals surface area contributed by atoms with E-state index in [4.69, 9.17) is 4.74 Å². The van der Waals surface area contributed by atoms with Crippen LogP contribution in [0.4, 0.5) is 0 Å². The Morgan fingerprint density at radius 1 is 1.11 bits per heavy atom. The molecule has 0 radical (unpaired) electrons. The number of carbonyl (C=O) groups excluding carboxylic acids is 1. The highest BCUT2D eigenvalue weighted by atomic mass is 16.5. The molecule has 7 heteroatoms. The fraction of sp³-hybridized carbons (Fsp3) is 0.179. The number of rotatable bonds is 7. The van der Waals surface area contributed by atoms with Gasteiger partial charge in [-0.2, -0.15) is 5.10 Å². The van der Waals surface area contributed by atoms with Crippen molar-refractivity contribution in [3.05, 3.63) is 96.7 Å². The molecule has 7 nitrogen and oxygen atoms in total. The number of aromatic nitrogens is 4. The molecule has 1 aliphatic rings. The summed E-state index contributed by atoms with van der Waals surface area (Å²) < 4.78 is 7.42. The number of benzene rings is 2. The lowest BCUT2D eigenvalue weighted by Crippen LogP contribution is -2.32. The topological polar surface area (TPSA) is 76.0 Å². The Kier molecular flexibility index (Phi) is 5.29. The number of nitrogens with one attached hydrogen (secondary N) is 1. The van der Waals surface area contributed by atoms with Crippen LogP contribution in [0.1, 0.15) is 28.8 Å². The average Bonchev–Trinajstić information content (AvgIpc) is 3.45. The van der Waals surface area contributed by atoms with E-state index in [1.54, 1.807) is 19.5 Å². The summed E-state index contributed by atoms with van der Waals surface area (Å²) in [6.45, 7) is 0.555. The average molecular weight is 464 g/mol. The predicted octanol–water partition coefficient (Wildman–Crippen LogP) is 5.23. The van der Waals surface area contributed by atoms with E-state index >= 15 is 0 Å². The van der Waals surface area contributed by atoms with Crippen molar-refractivity contribution >= 4 is 16.8 Å². The molecule has 1 fully saturated rings. The minimum Gasteiger partial charge on any atom is -0.497 e. The van der Waals surface area contributed by atoms with Gasteiger partial charge in [0.15, 0.2) is 0 Å². The zero-order chi connectivity index (χ0) is 23.8. The van der Waals surface area contributed by atoms with Crippen molar-refractivity contribution in [1.29, 1.82) is 0 Å². The second-order valence-corrected chi connectivity index (χ2v) is 8.86. The fourth-order valence-corrected chi connectivity index (χ4v) is 4.54. The van der Waals surface area contributed by atoms with Gasteiger partial charge in [-0.3, -0.25) is 14.9 Å². The van der Waals surface area contributed by atoms with Crippen LogP contribution < -0.4 is 4.74 Å². The van der Waals surface area contributed by atoms with Crippen LogP contribution in [0.15, 0.2) is 85.6 Å². The third kappa shape index (κ3) is 4.05. The van der Waals surface area contributed by atoms with Gasteiger partial charge in [0.05, 0.1) is 24.4 Å². The Balaban J connectivity index is 1.46. The molecule has 0 bridgehead atoms. The van der Waals surface area contributed by atoms with Crippen molar-refractivity contribution in [2.75, 3.05) is 7.11 Å². The lowest BCUT2D eigenvalue weighted by Gasteiger charge is -2.22. The van der Waals surface area contributed by atoms with Crippen LogP contribution in [-0.2, 0) is 6.54 Å². The normalized spacial score (nSPS) is 13.2. The zero-order valence-electron chi connectivity index (χ0n) is 19.4. The van der Waals surface area contributed by atoms with Crippen LogP contribution >= 0.6 is 0 Å². The number of hydrogen-bond donors (Lipinski definition) is 1. The SMILES string of the molecule is COc1ccc(-n2cc(C(=O)N(Cc3cccnc3)C3CC3)c3ccc(-c4cn[nH]c4)cc32)cc1. The molecule has 35 heavy (non-hydrogen) atoms. The number of hydrogen-bond acceptors (Lipinski definition) is 4. The lowest BCUT2D eigenvalue weighted by atomic mass is 10.1. The van der Waals surface area contributed by atoms with E-state index < -0.39 is 0 Å². The number of amides is 1. The Bertz CT molecular complexity index is 1470. The maximum Gasteiger partial charge on any atom is 0.256 e. The molecule has 1 amide bonds. The van der Waals surface area contributed by atoms with E-state index in [9.17, 15) is 4.79 Å². The Hall–Kier alpha value is -4.39. The summed E-state index contributed by atoms with van der Waals surface area (Å²) in [5.74, 6) is 0.835. The predicted molar refractivity (Wildman–Crippen MR) is 135 cm³/mol. The van der Waals surface area contributed by atoms with E-state index in [0.29, 0.717) is 12.1 Å². The molecule has 2 aromatic carbocycles. The first-order valence-corrected chi connectivity index (χ1v) is 11.7. The molecular weight excluding hydrogens is 438 g/mol. The minimum atomic E-state index is 0.0460. The van der Waals surface area contributed by atoms with Gasteiger partial charge in [0.1, 0.15) is 5.75 Å². The van der Waals surface area contributed by atoms with Gasteiger partial charge in [0.25, 0.3) is 5.91 Å². The maximum absolute atomic E-state index is 14.0. The number of aromatic amines is 1. The largest absolute Gasteiger partial charge is 0.497 e. The number of H-pyrrole nitrogens is 1. The van der Waals surface area contributed by atoms with Crippen molar-refractivity contribution < 1.29 is 9.53 Å². The van der Waals surface area contributed by atoms with Gasteiger partial charge in [0, 0.05) is 54.0 Å².